The molecule has 0 spiro atoms. The first-order chi connectivity index (χ1) is 10.2. The van der Waals surface area contributed by atoms with Crippen LogP contribution in [0.2, 0.25) is 0 Å². The van der Waals surface area contributed by atoms with E-state index in [1.54, 1.807) is 13.2 Å². The van der Waals surface area contributed by atoms with E-state index in [9.17, 15) is 18.0 Å². The Morgan fingerprint density at radius 3 is 2.59 bits per heavy atom. The molecule has 22 heavy (non-hydrogen) atoms. The molecule has 0 aliphatic carbocycles. The van der Waals surface area contributed by atoms with Gasteiger partial charge in [0.25, 0.3) is 5.56 Å². The van der Waals surface area contributed by atoms with Crippen molar-refractivity contribution < 1.29 is 17.9 Å². The van der Waals surface area contributed by atoms with E-state index in [-0.39, 0.29) is 16.9 Å². The summed E-state index contributed by atoms with van der Waals surface area (Å²) in [7, 11) is 0. The van der Waals surface area contributed by atoms with Crippen LogP contribution >= 0.6 is 23.1 Å². The largest absolute Gasteiger partial charge is 0.449 e. The van der Waals surface area contributed by atoms with Gasteiger partial charge in [0.2, 0.25) is 5.82 Å². The molecule has 1 aliphatic rings. The summed E-state index contributed by atoms with van der Waals surface area (Å²) in [4.78, 5) is 20.2. The molecule has 1 saturated heterocycles. The smallest absolute Gasteiger partial charge is 0.380 e. The zero-order chi connectivity index (χ0) is 16.1. The number of thioether (sulfide) groups is 1. The van der Waals surface area contributed by atoms with Gasteiger partial charge in [-0.05, 0) is 6.26 Å². The van der Waals surface area contributed by atoms with E-state index in [0.29, 0.717) is 22.1 Å². The lowest BCUT2D eigenvalue weighted by Crippen LogP contribution is -2.46. The third-order valence-electron chi connectivity index (χ3n) is 3.37. The molecule has 0 aromatic carbocycles. The Bertz CT molecular complexity index is 780. The first-order valence-corrected chi connectivity index (χ1v) is 8.38. The van der Waals surface area contributed by atoms with Crippen LogP contribution in [-0.2, 0) is 17.5 Å². The van der Waals surface area contributed by atoms with E-state index >= 15 is 0 Å². The second-order valence-corrected chi connectivity index (χ2v) is 7.50. The molecule has 0 unspecified atom stereocenters. The number of ether oxygens (including phenoxy) is 1. The maximum atomic E-state index is 13.3. The highest BCUT2D eigenvalue weighted by Gasteiger charge is 2.41. The highest BCUT2D eigenvalue weighted by Crippen LogP contribution is 2.34. The van der Waals surface area contributed by atoms with Gasteiger partial charge in [0.05, 0.1) is 13.2 Å². The summed E-state index contributed by atoms with van der Waals surface area (Å²) in [5, 5.41) is 0. The number of fused-ring (bicyclic) bond motifs is 1. The van der Waals surface area contributed by atoms with Crippen LogP contribution < -0.4 is 5.56 Å². The van der Waals surface area contributed by atoms with Crippen LogP contribution in [0.1, 0.15) is 12.7 Å². The monoisotopic (exact) mass is 351 g/mol. The van der Waals surface area contributed by atoms with Gasteiger partial charge in [0.15, 0.2) is 14.7 Å². The van der Waals surface area contributed by atoms with Crippen LogP contribution in [-0.4, -0.2) is 34.0 Å². The summed E-state index contributed by atoms with van der Waals surface area (Å²) in [5.74, 6) is -1.17. The lowest BCUT2D eigenvalue weighted by molar-refractivity contribution is -0.153. The number of rotatable bonds is 3. The van der Waals surface area contributed by atoms with Crippen molar-refractivity contribution in [2.75, 3.05) is 19.5 Å². The molecule has 10 heteroatoms. The summed E-state index contributed by atoms with van der Waals surface area (Å²) in [5.41, 5.74) is -1.24. The number of alkyl halides is 3. The number of nitrogens with zero attached hydrogens (tertiary/aromatic N) is 3. The van der Waals surface area contributed by atoms with Gasteiger partial charge in [0, 0.05) is 12.0 Å². The molecule has 0 amide bonds. The molecule has 0 atom stereocenters. The molecule has 0 N–H and O–H groups in total. The van der Waals surface area contributed by atoms with E-state index in [2.05, 4.69) is 9.97 Å². The van der Waals surface area contributed by atoms with E-state index in [1.807, 2.05) is 0 Å². The fourth-order valence-corrected chi connectivity index (χ4v) is 3.68. The molecular weight excluding hydrogens is 339 g/mol. The van der Waals surface area contributed by atoms with E-state index < -0.39 is 23.0 Å². The fourth-order valence-electron chi connectivity index (χ4n) is 2.26. The average molecular weight is 351 g/mol. The minimum atomic E-state index is -4.70. The van der Waals surface area contributed by atoms with Crippen LogP contribution in [0.25, 0.3) is 10.3 Å². The van der Waals surface area contributed by atoms with Gasteiger partial charge in [-0.1, -0.05) is 30.0 Å². The summed E-state index contributed by atoms with van der Waals surface area (Å²) < 4.78 is 46.1. The minimum Gasteiger partial charge on any atom is -0.380 e. The molecule has 0 saturated carbocycles. The average Bonchev–Trinajstić information content (AvgIpc) is 2.82. The maximum Gasteiger partial charge on any atom is 0.449 e. The number of hydrogen-bond acceptors (Lipinski definition) is 6. The van der Waals surface area contributed by atoms with Crippen LogP contribution in [0, 0.1) is 5.41 Å². The first-order valence-electron chi connectivity index (χ1n) is 6.34. The number of hydrogen-bond donors (Lipinski definition) is 0. The van der Waals surface area contributed by atoms with Crippen molar-refractivity contribution in [3.63, 3.8) is 0 Å². The second-order valence-electron chi connectivity index (χ2n) is 5.47. The van der Waals surface area contributed by atoms with E-state index in [4.69, 9.17) is 4.74 Å². The molecule has 2 aromatic heterocycles. The molecule has 2 aromatic rings. The Balaban J connectivity index is 2.22. The normalized spacial score (nSPS) is 17.7. The number of halogens is 3. The van der Waals surface area contributed by atoms with Crippen molar-refractivity contribution in [2.24, 2.45) is 5.41 Å². The Labute approximate surface area is 131 Å². The molecule has 1 aliphatic heterocycles. The quantitative estimate of drug-likeness (QED) is 0.796. The van der Waals surface area contributed by atoms with Crippen molar-refractivity contribution in [3.05, 3.63) is 16.2 Å². The predicted molar refractivity (Wildman–Crippen MR) is 77.4 cm³/mol. The molecule has 3 rings (SSSR count). The highest BCUT2D eigenvalue weighted by atomic mass is 32.2. The Kier molecular flexibility index (Phi) is 3.73. The van der Waals surface area contributed by atoms with E-state index in [0.717, 1.165) is 11.3 Å². The predicted octanol–water partition coefficient (Wildman–Crippen LogP) is 2.63. The summed E-state index contributed by atoms with van der Waals surface area (Å²) in [6, 6.07) is 0. The van der Waals surface area contributed by atoms with Crippen molar-refractivity contribution in [3.8, 4) is 0 Å². The minimum absolute atomic E-state index is 0.00816. The van der Waals surface area contributed by atoms with Crippen molar-refractivity contribution in [1.82, 2.24) is 14.5 Å². The number of aromatic nitrogens is 3. The van der Waals surface area contributed by atoms with E-state index in [1.165, 1.54) is 11.8 Å². The first kappa shape index (κ1) is 15.8. The molecule has 5 nitrogen and oxygen atoms in total. The van der Waals surface area contributed by atoms with Crippen LogP contribution in [0.5, 0.6) is 0 Å². The third-order valence-corrected chi connectivity index (χ3v) is 5.30. The summed E-state index contributed by atoms with van der Waals surface area (Å²) in [6.07, 6.45) is -2.95. The topological polar surface area (TPSA) is 57.0 Å². The third kappa shape index (κ3) is 2.63. The molecular formula is C12H12F3N3O2S2. The van der Waals surface area contributed by atoms with Gasteiger partial charge in [-0.25, -0.2) is 9.97 Å². The van der Waals surface area contributed by atoms with Gasteiger partial charge >= 0.3 is 6.18 Å². The van der Waals surface area contributed by atoms with Gasteiger partial charge in [-0.3, -0.25) is 9.36 Å². The molecule has 0 bridgehead atoms. The maximum absolute atomic E-state index is 13.3. The molecule has 120 valence electrons. The zero-order valence-electron chi connectivity index (χ0n) is 11.7. The molecule has 3 heterocycles. The second kappa shape index (κ2) is 5.20. The Morgan fingerprint density at radius 1 is 1.41 bits per heavy atom. The van der Waals surface area contributed by atoms with Crippen LogP contribution in [0.4, 0.5) is 13.2 Å². The van der Waals surface area contributed by atoms with Gasteiger partial charge in [-0.2, -0.15) is 13.2 Å². The summed E-state index contributed by atoms with van der Waals surface area (Å²) in [6.45, 7) is 2.33. The highest BCUT2D eigenvalue weighted by molar-refractivity contribution is 8.00. The molecule has 1 fully saturated rings. The van der Waals surface area contributed by atoms with Gasteiger partial charge < -0.3 is 4.74 Å². The molecule has 0 radical (unpaired) electrons. The van der Waals surface area contributed by atoms with Crippen LogP contribution in [0.15, 0.2) is 9.13 Å². The lowest BCUT2D eigenvalue weighted by atomic mass is 9.88. The number of thiazole rings is 1. The summed E-state index contributed by atoms with van der Waals surface area (Å²) >= 11 is 2.26. The van der Waals surface area contributed by atoms with Gasteiger partial charge in [-0.15, -0.1) is 0 Å². The zero-order valence-corrected chi connectivity index (χ0v) is 13.4. The fraction of sp³-hybridized carbons (Fsp3) is 0.583. The van der Waals surface area contributed by atoms with Gasteiger partial charge in [0.1, 0.15) is 0 Å². The standard InChI is InChI=1S/C12H12F3N3O2S2/c1-11(4-20-5-11)3-18-8(19)6-7(22-10(16-6)21-2)17-9(18)12(13,14)15/h3-5H2,1-2H3. The van der Waals surface area contributed by atoms with Crippen molar-refractivity contribution in [1.29, 1.82) is 0 Å². The Hall–Kier alpha value is -1.13. The SMILES string of the molecule is CSc1nc2c(=O)n(CC3(C)COC3)c(C(F)(F)F)nc2s1. The Morgan fingerprint density at radius 2 is 2.09 bits per heavy atom. The van der Waals surface area contributed by atoms with Crippen molar-refractivity contribution in [2.45, 2.75) is 24.0 Å². The van der Waals surface area contributed by atoms with Crippen LogP contribution in [0.3, 0.4) is 0 Å². The lowest BCUT2D eigenvalue weighted by Gasteiger charge is -2.38. The van der Waals surface area contributed by atoms with Crippen molar-refractivity contribution >= 4 is 33.4 Å².